The minimum atomic E-state index is -3.70. The Balaban J connectivity index is 1.48. The molecule has 1 aromatic carbocycles. The van der Waals surface area contributed by atoms with Gasteiger partial charge in [0.1, 0.15) is 5.75 Å². The summed E-state index contributed by atoms with van der Waals surface area (Å²) in [5.74, 6) is 1.17. The summed E-state index contributed by atoms with van der Waals surface area (Å²) in [5.41, 5.74) is 0.520. The number of pyridine rings is 1. The molecule has 0 spiro atoms. The fourth-order valence-corrected chi connectivity index (χ4v) is 4.19. The highest BCUT2D eigenvalue weighted by Crippen LogP contribution is 2.36. The summed E-state index contributed by atoms with van der Waals surface area (Å²) in [6.45, 7) is 2.54. The quantitative estimate of drug-likeness (QED) is 0.556. The maximum atomic E-state index is 12.8. The number of benzene rings is 1. The van der Waals surface area contributed by atoms with Gasteiger partial charge in [-0.25, -0.2) is 22.6 Å². The van der Waals surface area contributed by atoms with Crippen LogP contribution in [0.25, 0.3) is 11.4 Å². The van der Waals surface area contributed by atoms with Crippen molar-refractivity contribution in [2.45, 2.75) is 37.2 Å². The van der Waals surface area contributed by atoms with Crippen molar-refractivity contribution in [1.82, 2.24) is 24.1 Å². The van der Waals surface area contributed by atoms with Crippen LogP contribution in [0, 0.1) is 0 Å². The lowest BCUT2D eigenvalue weighted by Gasteiger charge is -2.08. The number of nitrogens with zero attached hydrogens (tertiary/aromatic N) is 4. The number of ether oxygens (including phenoxy) is 1. The molecule has 10 heteroatoms. The Morgan fingerprint density at radius 2 is 1.97 bits per heavy atom. The maximum Gasteiger partial charge on any atom is 0.346 e. The van der Waals surface area contributed by atoms with Gasteiger partial charge in [0.15, 0.2) is 5.82 Å². The smallest absolute Gasteiger partial charge is 0.346 e. The predicted molar refractivity (Wildman–Crippen MR) is 111 cm³/mol. The maximum absolute atomic E-state index is 12.8. The lowest BCUT2D eigenvalue weighted by molar-refractivity contribution is 0.340. The Bertz CT molecular complexity index is 1170. The summed E-state index contributed by atoms with van der Waals surface area (Å²) in [7, 11) is -3.70. The second-order valence-electron chi connectivity index (χ2n) is 6.97. The van der Waals surface area contributed by atoms with E-state index < -0.39 is 10.0 Å². The minimum Gasteiger partial charge on any atom is -0.494 e. The van der Waals surface area contributed by atoms with E-state index in [2.05, 4.69) is 14.8 Å². The second kappa shape index (κ2) is 8.41. The molecule has 0 aliphatic heterocycles. The van der Waals surface area contributed by atoms with Gasteiger partial charge in [0.2, 0.25) is 10.0 Å². The van der Waals surface area contributed by atoms with Crippen LogP contribution in [0.15, 0.2) is 58.5 Å². The molecule has 158 valence electrons. The molecule has 0 saturated heterocycles. The highest BCUT2D eigenvalue weighted by Gasteiger charge is 2.30. The Labute approximate surface area is 174 Å². The van der Waals surface area contributed by atoms with Gasteiger partial charge in [0.25, 0.3) is 0 Å². The number of hydrogen-bond donors (Lipinski definition) is 1. The Hall–Kier alpha value is -2.98. The molecule has 1 aliphatic rings. The van der Waals surface area contributed by atoms with Gasteiger partial charge >= 0.3 is 5.69 Å². The van der Waals surface area contributed by atoms with Crippen molar-refractivity contribution in [2.24, 2.45) is 0 Å². The number of sulfonamides is 1. The largest absolute Gasteiger partial charge is 0.494 e. The van der Waals surface area contributed by atoms with Crippen LogP contribution in [-0.4, -0.2) is 40.9 Å². The fraction of sp³-hybridized carbons (Fsp3) is 0.350. The highest BCUT2D eigenvalue weighted by atomic mass is 32.2. The monoisotopic (exact) mass is 429 g/mol. The van der Waals surface area contributed by atoms with E-state index in [9.17, 15) is 13.2 Å². The van der Waals surface area contributed by atoms with Gasteiger partial charge < -0.3 is 4.74 Å². The highest BCUT2D eigenvalue weighted by molar-refractivity contribution is 7.89. The van der Waals surface area contributed by atoms with Crippen LogP contribution in [0.1, 0.15) is 25.8 Å². The lowest BCUT2D eigenvalue weighted by Crippen LogP contribution is -2.32. The van der Waals surface area contributed by atoms with Crippen LogP contribution >= 0.6 is 0 Å². The van der Waals surface area contributed by atoms with Gasteiger partial charge in [-0.3, -0.25) is 9.55 Å². The van der Waals surface area contributed by atoms with E-state index in [4.69, 9.17) is 4.74 Å². The molecule has 0 amide bonds. The van der Waals surface area contributed by atoms with E-state index in [0.717, 1.165) is 18.4 Å². The third-order valence-electron chi connectivity index (χ3n) is 4.76. The molecule has 1 saturated carbocycles. The third kappa shape index (κ3) is 4.29. The van der Waals surface area contributed by atoms with Gasteiger partial charge in [-0.2, -0.15) is 0 Å². The first-order valence-electron chi connectivity index (χ1n) is 9.82. The topological polar surface area (TPSA) is 108 Å². The summed E-state index contributed by atoms with van der Waals surface area (Å²) < 4.78 is 35.9. The molecule has 0 atom stereocenters. The van der Waals surface area contributed by atoms with Gasteiger partial charge in [-0.1, -0.05) is 0 Å². The zero-order chi connectivity index (χ0) is 21.1. The molecule has 9 nitrogen and oxygen atoms in total. The van der Waals surface area contributed by atoms with Gasteiger partial charge in [0.05, 0.1) is 18.0 Å². The van der Waals surface area contributed by atoms with E-state index in [1.54, 1.807) is 35.2 Å². The molecular formula is C20H23N5O4S. The normalized spacial score (nSPS) is 14.0. The average Bonchev–Trinajstić information content (AvgIpc) is 3.53. The molecule has 30 heavy (non-hydrogen) atoms. The Morgan fingerprint density at radius 1 is 1.20 bits per heavy atom. The first kappa shape index (κ1) is 20.3. The van der Waals surface area contributed by atoms with Crippen molar-refractivity contribution in [3.8, 4) is 17.1 Å². The first-order valence-corrected chi connectivity index (χ1v) is 11.3. The fourth-order valence-electron chi connectivity index (χ4n) is 3.17. The third-order valence-corrected chi connectivity index (χ3v) is 6.24. The molecule has 1 aliphatic carbocycles. The van der Waals surface area contributed by atoms with Crippen molar-refractivity contribution in [2.75, 3.05) is 13.2 Å². The van der Waals surface area contributed by atoms with E-state index >= 15 is 0 Å². The van der Waals surface area contributed by atoms with Crippen LogP contribution < -0.4 is 15.1 Å². The SMILES string of the molecule is CCOc1ccc(S(=O)(=O)NCCn2nc(-c3cccnc3)n(C3CC3)c2=O)cc1. The minimum absolute atomic E-state index is 0.0452. The number of hydrogen-bond acceptors (Lipinski definition) is 6. The van der Waals surface area contributed by atoms with Crippen LogP contribution in [0.5, 0.6) is 5.75 Å². The van der Waals surface area contributed by atoms with Crippen molar-refractivity contribution < 1.29 is 13.2 Å². The average molecular weight is 430 g/mol. The van der Waals surface area contributed by atoms with Gasteiger partial charge in [-0.05, 0) is 56.2 Å². The summed E-state index contributed by atoms with van der Waals surface area (Å²) in [6.07, 6.45) is 5.20. The Kier molecular flexibility index (Phi) is 5.69. The molecule has 2 heterocycles. The molecule has 0 radical (unpaired) electrons. The standard InChI is InChI=1S/C20H23N5O4S/c1-2-29-17-7-9-18(10-8-17)30(27,28)22-12-13-24-20(26)25(16-5-6-16)19(23-24)15-4-3-11-21-14-15/h3-4,7-11,14,16,22H,2,5-6,12-13H2,1H3. The van der Waals surface area contributed by atoms with E-state index in [1.165, 1.54) is 16.8 Å². The van der Waals surface area contributed by atoms with Crippen LogP contribution in [0.3, 0.4) is 0 Å². The molecular weight excluding hydrogens is 406 g/mol. The van der Waals surface area contributed by atoms with Crippen LogP contribution in [-0.2, 0) is 16.6 Å². The van der Waals surface area contributed by atoms with E-state index in [1.807, 2.05) is 13.0 Å². The van der Waals surface area contributed by atoms with E-state index in [0.29, 0.717) is 18.2 Å². The van der Waals surface area contributed by atoms with Crippen LogP contribution in [0.4, 0.5) is 0 Å². The van der Waals surface area contributed by atoms with Crippen molar-refractivity contribution in [3.05, 3.63) is 59.3 Å². The number of nitrogens with one attached hydrogen (secondary N) is 1. The van der Waals surface area contributed by atoms with Crippen molar-refractivity contribution in [3.63, 3.8) is 0 Å². The second-order valence-corrected chi connectivity index (χ2v) is 8.74. The van der Waals surface area contributed by atoms with Gasteiger partial charge in [0, 0.05) is 30.5 Å². The molecule has 1 N–H and O–H groups in total. The summed E-state index contributed by atoms with van der Waals surface area (Å²) in [4.78, 5) is 17.1. The first-order chi connectivity index (χ1) is 14.5. The molecule has 0 bridgehead atoms. The molecule has 1 fully saturated rings. The Morgan fingerprint density at radius 3 is 2.60 bits per heavy atom. The zero-order valence-corrected chi connectivity index (χ0v) is 17.4. The van der Waals surface area contributed by atoms with Crippen LogP contribution in [0.2, 0.25) is 0 Å². The van der Waals surface area contributed by atoms with Crippen molar-refractivity contribution in [1.29, 1.82) is 0 Å². The molecule has 2 aromatic heterocycles. The lowest BCUT2D eigenvalue weighted by atomic mass is 10.3. The zero-order valence-electron chi connectivity index (χ0n) is 16.6. The molecule has 4 rings (SSSR count). The summed E-state index contributed by atoms with van der Waals surface area (Å²) in [6, 6.07) is 9.99. The number of rotatable bonds is 9. The van der Waals surface area contributed by atoms with Crippen molar-refractivity contribution >= 4 is 10.0 Å². The summed E-state index contributed by atoms with van der Waals surface area (Å²) >= 11 is 0. The van der Waals surface area contributed by atoms with E-state index in [-0.39, 0.29) is 29.7 Å². The summed E-state index contributed by atoms with van der Waals surface area (Å²) in [5, 5.41) is 4.44. The number of aromatic nitrogens is 4. The molecule has 0 unspecified atom stereocenters. The molecule has 3 aromatic rings. The predicted octanol–water partition coefficient (Wildman–Crippen LogP) is 1.82. The van der Waals surface area contributed by atoms with Gasteiger partial charge in [-0.15, -0.1) is 5.10 Å².